The Labute approximate surface area is 101 Å². The summed E-state index contributed by atoms with van der Waals surface area (Å²) in [6, 6.07) is 6.52. The van der Waals surface area contributed by atoms with Crippen molar-refractivity contribution in [1.82, 2.24) is 4.90 Å². The minimum absolute atomic E-state index is 1.09. The van der Waals surface area contributed by atoms with Gasteiger partial charge in [0.05, 0.1) is 0 Å². The number of halogens is 2. The van der Waals surface area contributed by atoms with E-state index in [1.807, 2.05) is 0 Å². The second-order valence-electron chi connectivity index (χ2n) is 3.37. The molecule has 1 aromatic carbocycles. The fraction of sp³-hybridized carbons (Fsp3) is 0.400. The van der Waals surface area contributed by atoms with Crippen LogP contribution in [-0.4, -0.2) is 18.0 Å². The van der Waals surface area contributed by atoms with Gasteiger partial charge in [0.2, 0.25) is 0 Å². The van der Waals surface area contributed by atoms with Gasteiger partial charge in [-0.15, -0.1) is 0 Å². The summed E-state index contributed by atoms with van der Waals surface area (Å²) in [4.78, 5) is 2.47. The zero-order valence-corrected chi connectivity index (χ0v) is 11.0. The van der Waals surface area contributed by atoms with Gasteiger partial charge < -0.3 is 0 Å². The van der Waals surface area contributed by atoms with Crippen molar-refractivity contribution >= 4 is 38.5 Å². The Bertz CT molecular complexity index is 310. The van der Waals surface area contributed by atoms with Crippen LogP contribution in [0.2, 0.25) is 0 Å². The predicted molar refractivity (Wildman–Crippen MR) is 66.8 cm³/mol. The first-order chi connectivity index (χ1) is 6.25. The Balaban J connectivity index is 2.13. The van der Waals surface area contributed by atoms with Crippen LogP contribution in [0.15, 0.2) is 22.7 Å². The van der Waals surface area contributed by atoms with Gasteiger partial charge in [0, 0.05) is 14.6 Å². The molecule has 3 heteroatoms. The number of benzene rings is 1. The van der Waals surface area contributed by atoms with E-state index >= 15 is 0 Å². The summed E-state index contributed by atoms with van der Waals surface area (Å²) in [5.74, 6) is 0. The molecule has 1 nitrogen and oxygen atoms in total. The molecular formula is C10H11BrIN. The van der Waals surface area contributed by atoms with Crippen molar-refractivity contribution in [3.05, 3.63) is 31.8 Å². The topological polar surface area (TPSA) is 3.24 Å². The summed E-state index contributed by atoms with van der Waals surface area (Å²) in [6.07, 6.45) is 1.36. The highest BCUT2D eigenvalue weighted by atomic mass is 127. The van der Waals surface area contributed by atoms with E-state index in [9.17, 15) is 0 Å². The molecule has 0 atom stereocenters. The molecular weight excluding hydrogens is 341 g/mol. The lowest BCUT2D eigenvalue weighted by atomic mass is 10.1. The van der Waals surface area contributed by atoms with Crippen LogP contribution in [0.4, 0.5) is 0 Å². The molecule has 1 aromatic rings. The highest BCUT2D eigenvalue weighted by Crippen LogP contribution is 2.22. The Morgan fingerprint density at radius 3 is 2.77 bits per heavy atom. The number of hydrogen-bond acceptors (Lipinski definition) is 1. The lowest BCUT2D eigenvalue weighted by Crippen LogP contribution is -2.36. The van der Waals surface area contributed by atoms with Crippen LogP contribution in [0.1, 0.15) is 12.0 Å². The fourth-order valence-corrected chi connectivity index (χ4v) is 2.37. The van der Waals surface area contributed by atoms with Crippen molar-refractivity contribution in [2.24, 2.45) is 0 Å². The lowest BCUT2D eigenvalue weighted by molar-refractivity contribution is 0.172. The summed E-state index contributed by atoms with van der Waals surface area (Å²) >= 11 is 5.94. The largest absolute Gasteiger partial charge is 0.299 e. The van der Waals surface area contributed by atoms with Gasteiger partial charge in [-0.2, -0.15) is 0 Å². The van der Waals surface area contributed by atoms with E-state index in [0.717, 1.165) is 6.54 Å². The highest BCUT2D eigenvalue weighted by molar-refractivity contribution is 14.1. The van der Waals surface area contributed by atoms with Gasteiger partial charge >= 0.3 is 0 Å². The van der Waals surface area contributed by atoms with E-state index in [1.165, 1.54) is 33.1 Å². The van der Waals surface area contributed by atoms with Crippen LogP contribution in [-0.2, 0) is 6.54 Å². The molecule has 13 heavy (non-hydrogen) atoms. The quantitative estimate of drug-likeness (QED) is 0.739. The van der Waals surface area contributed by atoms with Gasteiger partial charge in [-0.05, 0) is 65.9 Å². The maximum Gasteiger partial charge on any atom is 0.0245 e. The third kappa shape index (κ3) is 2.44. The normalized spacial score (nSPS) is 17.1. The molecule has 0 amide bonds. The smallest absolute Gasteiger partial charge is 0.0245 e. The molecule has 2 rings (SSSR count). The molecule has 0 N–H and O–H groups in total. The molecule has 70 valence electrons. The first kappa shape index (κ1) is 9.93. The molecule has 1 aliphatic rings. The van der Waals surface area contributed by atoms with Gasteiger partial charge in [-0.25, -0.2) is 0 Å². The standard InChI is InChI=1S/C10H11BrIN/c11-10-3-2-9(12)6-8(10)7-13-4-1-5-13/h2-3,6H,1,4-5,7H2. The maximum atomic E-state index is 3.58. The summed E-state index contributed by atoms with van der Waals surface area (Å²) in [5.41, 5.74) is 1.41. The molecule has 1 saturated heterocycles. The highest BCUT2D eigenvalue weighted by Gasteiger charge is 2.14. The minimum Gasteiger partial charge on any atom is -0.299 e. The van der Waals surface area contributed by atoms with Gasteiger partial charge in [-0.1, -0.05) is 15.9 Å². The molecule has 1 aliphatic heterocycles. The monoisotopic (exact) mass is 351 g/mol. The predicted octanol–water partition coefficient (Wildman–Crippen LogP) is 3.26. The van der Waals surface area contributed by atoms with E-state index in [1.54, 1.807) is 0 Å². The SMILES string of the molecule is Brc1ccc(I)cc1CN1CCC1. The average molecular weight is 352 g/mol. The molecule has 0 aliphatic carbocycles. The number of likely N-dealkylation sites (tertiary alicyclic amines) is 1. The van der Waals surface area contributed by atoms with Gasteiger partial charge in [-0.3, -0.25) is 4.90 Å². The van der Waals surface area contributed by atoms with Crippen LogP contribution in [0.5, 0.6) is 0 Å². The number of rotatable bonds is 2. The Kier molecular flexibility index (Phi) is 3.26. The molecule has 0 aromatic heterocycles. The van der Waals surface area contributed by atoms with Crippen LogP contribution in [0.3, 0.4) is 0 Å². The molecule has 1 heterocycles. The molecule has 0 bridgehead atoms. The fourth-order valence-electron chi connectivity index (χ4n) is 1.45. The minimum atomic E-state index is 1.09. The molecule has 0 radical (unpaired) electrons. The van der Waals surface area contributed by atoms with E-state index in [2.05, 4.69) is 61.6 Å². The van der Waals surface area contributed by atoms with Crippen LogP contribution < -0.4 is 0 Å². The third-order valence-corrected chi connectivity index (χ3v) is 3.80. The number of nitrogens with zero attached hydrogens (tertiary/aromatic N) is 1. The zero-order chi connectivity index (χ0) is 9.26. The molecule has 1 fully saturated rings. The van der Waals surface area contributed by atoms with E-state index in [0.29, 0.717) is 0 Å². The Morgan fingerprint density at radius 2 is 2.15 bits per heavy atom. The molecule has 0 saturated carbocycles. The van der Waals surface area contributed by atoms with Crippen molar-refractivity contribution in [2.45, 2.75) is 13.0 Å². The summed E-state index contributed by atoms with van der Waals surface area (Å²) in [6.45, 7) is 3.62. The second kappa shape index (κ2) is 4.28. The Morgan fingerprint density at radius 1 is 1.38 bits per heavy atom. The van der Waals surface area contributed by atoms with Gasteiger partial charge in [0.15, 0.2) is 0 Å². The average Bonchev–Trinajstić information content (AvgIpc) is 2.03. The first-order valence-corrected chi connectivity index (χ1v) is 6.29. The van der Waals surface area contributed by atoms with Crippen molar-refractivity contribution in [1.29, 1.82) is 0 Å². The van der Waals surface area contributed by atoms with Crippen molar-refractivity contribution in [3.63, 3.8) is 0 Å². The van der Waals surface area contributed by atoms with E-state index < -0.39 is 0 Å². The molecule has 0 unspecified atom stereocenters. The Hall–Kier alpha value is 0.390. The van der Waals surface area contributed by atoms with E-state index in [4.69, 9.17) is 0 Å². The van der Waals surface area contributed by atoms with Gasteiger partial charge in [0.1, 0.15) is 0 Å². The number of hydrogen-bond donors (Lipinski definition) is 0. The summed E-state index contributed by atoms with van der Waals surface area (Å²) in [7, 11) is 0. The summed E-state index contributed by atoms with van der Waals surface area (Å²) in [5, 5.41) is 0. The van der Waals surface area contributed by atoms with Crippen molar-refractivity contribution in [2.75, 3.05) is 13.1 Å². The summed E-state index contributed by atoms with van der Waals surface area (Å²) < 4.78 is 2.55. The van der Waals surface area contributed by atoms with Crippen LogP contribution >= 0.6 is 38.5 Å². The lowest BCUT2D eigenvalue weighted by Gasteiger charge is -2.31. The molecule has 0 spiro atoms. The van der Waals surface area contributed by atoms with Crippen LogP contribution in [0, 0.1) is 3.57 Å². The maximum absolute atomic E-state index is 3.58. The zero-order valence-electron chi connectivity index (χ0n) is 7.26. The third-order valence-electron chi connectivity index (χ3n) is 2.35. The van der Waals surface area contributed by atoms with Crippen molar-refractivity contribution < 1.29 is 0 Å². The van der Waals surface area contributed by atoms with Crippen molar-refractivity contribution in [3.8, 4) is 0 Å². The van der Waals surface area contributed by atoms with E-state index in [-0.39, 0.29) is 0 Å². The first-order valence-electron chi connectivity index (χ1n) is 4.42. The van der Waals surface area contributed by atoms with Crippen LogP contribution in [0.25, 0.3) is 0 Å². The second-order valence-corrected chi connectivity index (χ2v) is 5.47. The van der Waals surface area contributed by atoms with Gasteiger partial charge in [0.25, 0.3) is 0 Å².